The van der Waals surface area contributed by atoms with Gasteiger partial charge in [0.25, 0.3) is 0 Å². The number of hydrazine groups is 1. The molecule has 0 aliphatic heterocycles. The first-order valence-electron chi connectivity index (χ1n) is 4.22. The Morgan fingerprint density at radius 3 is 1.83 bits per heavy atom. The fourth-order valence-corrected chi connectivity index (χ4v) is 1.07. The van der Waals surface area contributed by atoms with Crippen molar-refractivity contribution in [3.05, 3.63) is 0 Å². The van der Waals surface area contributed by atoms with E-state index in [0.29, 0.717) is 6.04 Å². The van der Waals surface area contributed by atoms with Gasteiger partial charge in [0.05, 0.1) is 12.2 Å². The minimum Gasteiger partial charge on any atom is -0.326 e. The second-order valence-electron chi connectivity index (χ2n) is 3.40. The molecule has 0 aliphatic carbocycles. The number of hydrogen-bond donors (Lipinski definition) is 5. The first-order valence-corrected chi connectivity index (χ1v) is 4.22. The third-order valence-electron chi connectivity index (χ3n) is 1.67. The van der Waals surface area contributed by atoms with Crippen LogP contribution in [-0.4, -0.2) is 24.3 Å². The van der Waals surface area contributed by atoms with Crippen molar-refractivity contribution >= 4 is 0 Å². The maximum absolute atomic E-state index is 5.72. The number of nitrogens with two attached hydrogens (primary N) is 3. The van der Waals surface area contributed by atoms with Crippen molar-refractivity contribution in [1.82, 2.24) is 10.7 Å². The molecule has 0 spiro atoms. The van der Waals surface area contributed by atoms with Gasteiger partial charge in [0, 0.05) is 12.1 Å². The molecule has 0 saturated heterocycles. The Balaban J connectivity index is 4.03. The highest BCUT2D eigenvalue weighted by molar-refractivity contribution is 4.84. The molecule has 0 rings (SSSR count). The predicted octanol–water partition coefficient (Wildman–Crippen LogP) is -1.55. The van der Waals surface area contributed by atoms with Crippen molar-refractivity contribution in [1.29, 1.82) is 0 Å². The van der Waals surface area contributed by atoms with Gasteiger partial charge in [-0.3, -0.25) is 5.84 Å². The van der Waals surface area contributed by atoms with Gasteiger partial charge in [0.1, 0.15) is 0 Å². The first kappa shape index (κ1) is 11.8. The Morgan fingerprint density at radius 1 is 1.08 bits per heavy atom. The average molecular weight is 175 g/mol. The number of nitrogens with one attached hydrogen (secondary N) is 2. The van der Waals surface area contributed by atoms with E-state index in [9.17, 15) is 0 Å². The van der Waals surface area contributed by atoms with E-state index in [1.165, 1.54) is 0 Å². The lowest BCUT2D eigenvalue weighted by Gasteiger charge is -2.29. The van der Waals surface area contributed by atoms with Crippen LogP contribution in [0.3, 0.4) is 0 Å². The summed E-state index contributed by atoms with van der Waals surface area (Å²) >= 11 is 0. The second kappa shape index (κ2) is 5.45. The van der Waals surface area contributed by atoms with E-state index >= 15 is 0 Å². The summed E-state index contributed by atoms with van der Waals surface area (Å²) in [6.07, 6.45) is -0.313. The molecule has 0 aromatic heterocycles. The highest BCUT2D eigenvalue weighted by Crippen LogP contribution is 1.94. The van der Waals surface area contributed by atoms with Crippen molar-refractivity contribution in [2.75, 3.05) is 0 Å². The molecule has 0 amide bonds. The van der Waals surface area contributed by atoms with Gasteiger partial charge < -0.3 is 16.8 Å². The molecule has 5 heteroatoms. The van der Waals surface area contributed by atoms with Crippen LogP contribution in [0.4, 0.5) is 0 Å². The van der Waals surface area contributed by atoms with E-state index in [1.807, 2.05) is 20.8 Å². The Kier molecular flexibility index (Phi) is 5.36. The molecule has 0 saturated carbocycles. The highest BCUT2D eigenvalue weighted by Gasteiger charge is 2.20. The fraction of sp³-hybridized carbons (Fsp3) is 1.00. The Morgan fingerprint density at radius 2 is 1.58 bits per heavy atom. The van der Waals surface area contributed by atoms with Gasteiger partial charge in [0.2, 0.25) is 0 Å². The lowest BCUT2D eigenvalue weighted by atomic mass is 10.1. The highest BCUT2D eigenvalue weighted by atomic mass is 15.3. The molecule has 5 nitrogen and oxygen atoms in total. The summed E-state index contributed by atoms with van der Waals surface area (Å²) in [5, 5.41) is 3.24. The van der Waals surface area contributed by atoms with Gasteiger partial charge in [-0.2, -0.15) is 0 Å². The quantitative estimate of drug-likeness (QED) is 0.198. The Hall–Kier alpha value is -0.200. The van der Waals surface area contributed by atoms with E-state index in [1.54, 1.807) is 0 Å². The largest absolute Gasteiger partial charge is 0.326 e. The zero-order valence-electron chi connectivity index (χ0n) is 8.04. The van der Waals surface area contributed by atoms with Crippen LogP contribution in [0.2, 0.25) is 0 Å². The van der Waals surface area contributed by atoms with Crippen molar-refractivity contribution in [3.8, 4) is 0 Å². The van der Waals surface area contributed by atoms with Crippen LogP contribution in [0, 0.1) is 0 Å². The third-order valence-corrected chi connectivity index (χ3v) is 1.67. The standard InChI is InChI=1S/C7H21N5/c1-4(2)11-6(5(3)8)7(9)12-10/h4-7,11-12H,8-10H2,1-3H3. The summed E-state index contributed by atoms with van der Waals surface area (Å²) in [5.41, 5.74) is 13.9. The molecule has 8 N–H and O–H groups in total. The van der Waals surface area contributed by atoms with Crippen molar-refractivity contribution in [2.24, 2.45) is 17.3 Å². The lowest BCUT2D eigenvalue weighted by Crippen LogP contribution is -2.63. The molecule has 0 bridgehead atoms. The molecule has 0 radical (unpaired) electrons. The molecular formula is C7H21N5. The van der Waals surface area contributed by atoms with Crippen LogP contribution in [0.15, 0.2) is 0 Å². The predicted molar refractivity (Wildman–Crippen MR) is 51.0 cm³/mol. The summed E-state index contributed by atoms with van der Waals surface area (Å²) in [5.74, 6) is 5.22. The van der Waals surface area contributed by atoms with Crippen LogP contribution in [-0.2, 0) is 0 Å². The molecule has 0 aromatic carbocycles. The molecule has 3 unspecified atom stereocenters. The summed E-state index contributed by atoms with van der Waals surface area (Å²) in [7, 11) is 0. The summed E-state index contributed by atoms with van der Waals surface area (Å²) < 4.78 is 0. The minimum atomic E-state index is -0.313. The lowest BCUT2D eigenvalue weighted by molar-refractivity contribution is 0.321. The fourth-order valence-electron chi connectivity index (χ4n) is 1.07. The minimum absolute atomic E-state index is 0.00463. The Labute approximate surface area is 74.0 Å². The molecule has 0 heterocycles. The SMILES string of the molecule is CC(C)NC(C(C)N)C(N)NN. The van der Waals surface area contributed by atoms with E-state index in [4.69, 9.17) is 17.3 Å². The van der Waals surface area contributed by atoms with Crippen LogP contribution in [0.25, 0.3) is 0 Å². The van der Waals surface area contributed by atoms with Gasteiger partial charge in [-0.15, -0.1) is 0 Å². The normalized spacial score (nSPS) is 19.2. The smallest absolute Gasteiger partial charge is 0.0847 e. The molecule has 3 atom stereocenters. The van der Waals surface area contributed by atoms with Crippen molar-refractivity contribution < 1.29 is 0 Å². The molecule has 12 heavy (non-hydrogen) atoms. The van der Waals surface area contributed by atoms with E-state index in [2.05, 4.69) is 10.7 Å². The van der Waals surface area contributed by atoms with E-state index < -0.39 is 0 Å². The average Bonchev–Trinajstić information content (AvgIpc) is 1.98. The monoisotopic (exact) mass is 175 g/mol. The van der Waals surface area contributed by atoms with Gasteiger partial charge >= 0.3 is 0 Å². The zero-order chi connectivity index (χ0) is 9.72. The van der Waals surface area contributed by atoms with Crippen molar-refractivity contribution in [3.63, 3.8) is 0 Å². The molecule has 0 aliphatic rings. The van der Waals surface area contributed by atoms with Crippen LogP contribution < -0.4 is 28.1 Å². The first-order chi connectivity index (χ1) is 5.49. The molecule has 0 fully saturated rings. The van der Waals surface area contributed by atoms with Gasteiger partial charge in [0.15, 0.2) is 0 Å². The van der Waals surface area contributed by atoms with Gasteiger partial charge in [-0.05, 0) is 6.92 Å². The second-order valence-corrected chi connectivity index (χ2v) is 3.40. The maximum Gasteiger partial charge on any atom is 0.0847 e. The third kappa shape index (κ3) is 3.99. The molecule has 0 aromatic rings. The van der Waals surface area contributed by atoms with Crippen LogP contribution in [0.1, 0.15) is 20.8 Å². The molecular weight excluding hydrogens is 154 g/mol. The van der Waals surface area contributed by atoms with Gasteiger partial charge in [-0.1, -0.05) is 13.8 Å². The number of hydrogen-bond acceptors (Lipinski definition) is 5. The summed E-state index contributed by atoms with van der Waals surface area (Å²) in [6, 6.07) is 0.314. The van der Waals surface area contributed by atoms with E-state index in [0.717, 1.165) is 0 Å². The summed E-state index contributed by atoms with van der Waals surface area (Å²) in [4.78, 5) is 0. The van der Waals surface area contributed by atoms with Crippen molar-refractivity contribution in [2.45, 2.75) is 45.1 Å². The number of rotatable bonds is 5. The van der Waals surface area contributed by atoms with Gasteiger partial charge in [-0.25, -0.2) is 5.43 Å². The summed E-state index contributed by atoms with van der Waals surface area (Å²) in [6.45, 7) is 5.98. The molecule has 74 valence electrons. The topological polar surface area (TPSA) is 102 Å². The zero-order valence-corrected chi connectivity index (χ0v) is 8.04. The maximum atomic E-state index is 5.72. The Bertz CT molecular complexity index is 114. The van der Waals surface area contributed by atoms with E-state index in [-0.39, 0.29) is 18.2 Å². The van der Waals surface area contributed by atoms with Crippen LogP contribution in [0.5, 0.6) is 0 Å². The van der Waals surface area contributed by atoms with Crippen LogP contribution >= 0.6 is 0 Å².